The van der Waals surface area contributed by atoms with Crippen molar-refractivity contribution in [1.82, 2.24) is 4.90 Å². The molecule has 3 rings (SSSR count). The number of benzene rings is 2. The second kappa shape index (κ2) is 7.32. The van der Waals surface area contributed by atoms with Crippen LogP contribution in [0.3, 0.4) is 0 Å². The Morgan fingerprint density at radius 2 is 1.79 bits per heavy atom. The molecule has 4 heteroatoms. The molecule has 1 heterocycles. The van der Waals surface area contributed by atoms with E-state index in [1.807, 2.05) is 54.6 Å². The van der Waals surface area contributed by atoms with E-state index in [-0.39, 0.29) is 12.0 Å². The number of hydrogen-bond donors (Lipinski definition) is 0. The summed E-state index contributed by atoms with van der Waals surface area (Å²) in [5.41, 5.74) is 2.85. The molecule has 2 aromatic rings. The minimum absolute atomic E-state index is 0.0499. The molecule has 0 spiro atoms. The minimum Gasteiger partial charge on any atom is -0.497 e. The number of likely N-dealkylation sites (tertiary alicyclic amines) is 1. The highest BCUT2D eigenvalue weighted by Gasteiger charge is 2.34. The Balaban J connectivity index is 1.61. The van der Waals surface area contributed by atoms with Gasteiger partial charge in [0.05, 0.1) is 26.7 Å². The topological polar surface area (TPSA) is 38.8 Å². The third-order valence-corrected chi connectivity index (χ3v) is 4.17. The standard InChI is InChI=1S/C20H21NO3/c1-15-19(24-14-17-6-4-3-5-7-17)12-20(22)21(15)13-16-8-10-18(23-2)11-9-16/h3-11,19H,1,12-14H2,2H3/t19-/m0/s1. The molecule has 0 bridgehead atoms. The Kier molecular flexibility index (Phi) is 4.96. The molecular formula is C20H21NO3. The molecular weight excluding hydrogens is 302 g/mol. The number of methoxy groups -OCH3 is 1. The van der Waals surface area contributed by atoms with Crippen molar-refractivity contribution in [2.75, 3.05) is 7.11 Å². The molecule has 24 heavy (non-hydrogen) atoms. The average Bonchev–Trinajstić information content (AvgIpc) is 2.89. The first-order valence-corrected chi connectivity index (χ1v) is 7.95. The second-order valence-corrected chi connectivity index (χ2v) is 5.81. The Labute approximate surface area is 142 Å². The van der Waals surface area contributed by atoms with Crippen molar-refractivity contribution in [3.8, 4) is 5.75 Å². The predicted octanol–water partition coefficient (Wildman–Crippen LogP) is 3.53. The van der Waals surface area contributed by atoms with Crippen LogP contribution in [0.2, 0.25) is 0 Å². The summed E-state index contributed by atoms with van der Waals surface area (Å²) in [4.78, 5) is 14.0. The maximum Gasteiger partial charge on any atom is 0.230 e. The monoisotopic (exact) mass is 323 g/mol. The summed E-state index contributed by atoms with van der Waals surface area (Å²) in [6.45, 7) is 5.05. The van der Waals surface area contributed by atoms with Crippen molar-refractivity contribution in [3.05, 3.63) is 78.0 Å². The van der Waals surface area contributed by atoms with Gasteiger partial charge in [-0.15, -0.1) is 0 Å². The molecule has 4 nitrogen and oxygen atoms in total. The van der Waals surface area contributed by atoms with Gasteiger partial charge in [0.2, 0.25) is 5.91 Å². The summed E-state index contributed by atoms with van der Waals surface area (Å²) in [5, 5.41) is 0. The largest absolute Gasteiger partial charge is 0.497 e. The molecule has 0 aliphatic carbocycles. The van der Waals surface area contributed by atoms with Crippen LogP contribution in [0.25, 0.3) is 0 Å². The first-order valence-electron chi connectivity index (χ1n) is 7.95. The molecule has 1 atom stereocenters. The summed E-state index contributed by atoms with van der Waals surface area (Å²) in [6.07, 6.45) is 0.0953. The van der Waals surface area contributed by atoms with Crippen LogP contribution in [-0.2, 0) is 22.7 Å². The third-order valence-electron chi connectivity index (χ3n) is 4.17. The van der Waals surface area contributed by atoms with Gasteiger partial charge in [-0.2, -0.15) is 0 Å². The highest BCUT2D eigenvalue weighted by molar-refractivity contribution is 5.82. The quantitative estimate of drug-likeness (QED) is 0.816. The zero-order valence-electron chi connectivity index (χ0n) is 13.8. The van der Waals surface area contributed by atoms with Crippen molar-refractivity contribution in [2.45, 2.75) is 25.7 Å². The van der Waals surface area contributed by atoms with Crippen LogP contribution in [0.5, 0.6) is 5.75 Å². The second-order valence-electron chi connectivity index (χ2n) is 5.81. The Morgan fingerprint density at radius 1 is 1.08 bits per heavy atom. The fourth-order valence-corrected chi connectivity index (χ4v) is 2.75. The van der Waals surface area contributed by atoms with E-state index in [1.54, 1.807) is 12.0 Å². The van der Waals surface area contributed by atoms with Crippen LogP contribution in [0.4, 0.5) is 0 Å². The Morgan fingerprint density at radius 3 is 2.46 bits per heavy atom. The van der Waals surface area contributed by atoms with E-state index < -0.39 is 0 Å². The van der Waals surface area contributed by atoms with E-state index >= 15 is 0 Å². The van der Waals surface area contributed by atoms with E-state index in [0.29, 0.717) is 19.6 Å². The molecule has 0 unspecified atom stereocenters. The average molecular weight is 323 g/mol. The molecule has 2 aromatic carbocycles. The summed E-state index contributed by atoms with van der Waals surface area (Å²) in [7, 11) is 1.63. The summed E-state index contributed by atoms with van der Waals surface area (Å²) in [6, 6.07) is 17.6. The maximum atomic E-state index is 12.3. The molecule has 0 radical (unpaired) electrons. The van der Waals surface area contributed by atoms with E-state index in [4.69, 9.17) is 9.47 Å². The van der Waals surface area contributed by atoms with Gasteiger partial charge in [0.15, 0.2) is 0 Å². The van der Waals surface area contributed by atoms with Gasteiger partial charge in [0, 0.05) is 5.70 Å². The fraction of sp³-hybridized carbons (Fsp3) is 0.250. The number of carbonyl (C=O) groups excluding carboxylic acids is 1. The van der Waals surface area contributed by atoms with Crippen LogP contribution in [0.15, 0.2) is 66.9 Å². The lowest BCUT2D eigenvalue weighted by Crippen LogP contribution is -2.23. The number of nitrogens with zero attached hydrogens (tertiary/aromatic N) is 1. The lowest BCUT2D eigenvalue weighted by Gasteiger charge is -2.20. The minimum atomic E-state index is -0.254. The van der Waals surface area contributed by atoms with Crippen molar-refractivity contribution < 1.29 is 14.3 Å². The lowest BCUT2D eigenvalue weighted by atomic mass is 10.2. The fourth-order valence-electron chi connectivity index (χ4n) is 2.75. The highest BCUT2D eigenvalue weighted by Crippen LogP contribution is 2.27. The van der Waals surface area contributed by atoms with Crippen LogP contribution in [0, 0.1) is 0 Å². The zero-order chi connectivity index (χ0) is 16.9. The van der Waals surface area contributed by atoms with Gasteiger partial charge in [0.25, 0.3) is 0 Å². The van der Waals surface area contributed by atoms with Crippen molar-refractivity contribution in [1.29, 1.82) is 0 Å². The number of ether oxygens (including phenoxy) is 2. The normalized spacial score (nSPS) is 17.4. The smallest absolute Gasteiger partial charge is 0.230 e. The lowest BCUT2D eigenvalue weighted by molar-refractivity contribution is -0.127. The Hall–Kier alpha value is -2.59. The van der Waals surface area contributed by atoms with Gasteiger partial charge in [-0.3, -0.25) is 4.79 Å². The van der Waals surface area contributed by atoms with Gasteiger partial charge < -0.3 is 14.4 Å². The Bertz CT molecular complexity index is 709. The first kappa shape index (κ1) is 16.3. The third kappa shape index (κ3) is 3.66. The van der Waals surface area contributed by atoms with Crippen molar-refractivity contribution in [2.24, 2.45) is 0 Å². The molecule has 1 amide bonds. The molecule has 1 saturated heterocycles. The molecule has 1 aliphatic rings. The van der Waals surface area contributed by atoms with Crippen LogP contribution in [0.1, 0.15) is 17.5 Å². The van der Waals surface area contributed by atoms with Gasteiger partial charge in [-0.25, -0.2) is 0 Å². The molecule has 0 aromatic heterocycles. The summed E-state index contributed by atoms with van der Waals surface area (Å²) >= 11 is 0. The number of amides is 1. The molecule has 0 saturated carbocycles. The molecule has 1 aliphatic heterocycles. The SMILES string of the molecule is C=C1[C@@H](OCc2ccccc2)CC(=O)N1Cc1ccc(OC)cc1. The number of hydrogen-bond acceptors (Lipinski definition) is 3. The highest BCUT2D eigenvalue weighted by atomic mass is 16.5. The first-order chi connectivity index (χ1) is 11.7. The van der Waals surface area contributed by atoms with E-state index in [0.717, 1.165) is 22.6 Å². The van der Waals surface area contributed by atoms with Crippen molar-refractivity contribution >= 4 is 5.91 Å². The van der Waals surface area contributed by atoms with E-state index in [2.05, 4.69) is 6.58 Å². The summed E-state index contributed by atoms with van der Waals surface area (Å²) in [5.74, 6) is 0.850. The number of carbonyl (C=O) groups is 1. The van der Waals surface area contributed by atoms with Crippen molar-refractivity contribution in [3.63, 3.8) is 0 Å². The van der Waals surface area contributed by atoms with Gasteiger partial charge in [0.1, 0.15) is 11.9 Å². The van der Waals surface area contributed by atoms with E-state index in [1.165, 1.54) is 0 Å². The van der Waals surface area contributed by atoms with E-state index in [9.17, 15) is 4.79 Å². The summed E-state index contributed by atoms with van der Waals surface area (Å²) < 4.78 is 11.0. The van der Waals surface area contributed by atoms with Crippen LogP contribution >= 0.6 is 0 Å². The van der Waals surface area contributed by atoms with Crippen LogP contribution < -0.4 is 4.74 Å². The van der Waals surface area contributed by atoms with Gasteiger partial charge >= 0.3 is 0 Å². The molecule has 1 fully saturated rings. The number of rotatable bonds is 6. The molecule has 124 valence electrons. The van der Waals surface area contributed by atoms with Crippen LogP contribution in [-0.4, -0.2) is 24.0 Å². The zero-order valence-corrected chi connectivity index (χ0v) is 13.8. The van der Waals surface area contributed by atoms with Gasteiger partial charge in [-0.05, 0) is 23.3 Å². The van der Waals surface area contributed by atoms with Gasteiger partial charge in [-0.1, -0.05) is 49.0 Å². The maximum absolute atomic E-state index is 12.3. The predicted molar refractivity (Wildman–Crippen MR) is 92.3 cm³/mol. The molecule has 0 N–H and O–H groups in total.